The van der Waals surface area contributed by atoms with E-state index < -0.39 is 17.2 Å². The first-order chi connectivity index (χ1) is 5.69. The topological polar surface area (TPSA) is 21.4 Å². The minimum Gasteiger partial charge on any atom is -0.298 e. The molecule has 4 heteroatoms. The van der Waals surface area contributed by atoms with Gasteiger partial charge in [0.25, 0.3) is 0 Å². The van der Waals surface area contributed by atoms with Crippen LogP contribution in [0.3, 0.4) is 0 Å². The molecule has 0 saturated heterocycles. The number of hydrogen-bond acceptors (Lipinski definition) is 1. The zero-order valence-corrected chi connectivity index (χ0v) is 5.84. The highest BCUT2D eigenvalue weighted by Crippen LogP contribution is 2.19. The first-order valence-electron chi connectivity index (χ1n) is 3.00. The van der Waals surface area contributed by atoms with Crippen LogP contribution >= 0.6 is 0 Å². The largest absolute Gasteiger partial charge is 0.298 e. The smallest absolute Gasteiger partial charge is 0.193 e. The predicted molar refractivity (Wildman–Crippen MR) is 38.0 cm³/mol. The molecule has 0 bridgehead atoms. The van der Waals surface area contributed by atoms with Crippen molar-refractivity contribution in [3.63, 3.8) is 0 Å². The molecule has 0 atom stereocenters. The molecule has 2 nitrogen and oxygen atoms in total. The Balaban J connectivity index is 3.39. The number of halogens is 2. The number of carbonyl (C=O) groups excluding carboxylic acids is 1. The molecule has 0 aliphatic carbocycles. The molecule has 0 heterocycles. The fraction of sp³-hybridized carbons (Fsp3) is 0. The second-order valence-electron chi connectivity index (χ2n) is 2.05. The maximum absolute atomic E-state index is 12.7. The Morgan fingerprint density at radius 3 is 2.17 bits per heavy atom. The van der Waals surface area contributed by atoms with E-state index in [1.807, 2.05) is 0 Å². The van der Waals surface area contributed by atoms with Crippen molar-refractivity contribution in [1.29, 1.82) is 0 Å². The molecular weight excluding hydrogens is 164 g/mol. The van der Waals surface area contributed by atoms with Gasteiger partial charge < -0.3 is 0 Å². The summed E-state index contributed by atoms with van der Waals surface area (Å²) >= 11 is 0. The second-order valence-corrected chi connectivity index (χ2v) is 2.05. The third-order valence-corrected chi connectivity index (χ3v) is 1.31. The van der Waals surface area contributed by atoms with E-state index in [1.165, 1.54) is 0 Å². The van der Waals surface area contributed by atoms with Crippen LogP contribution in [0.15, 0.2) is 12.1 Å². The number of rotatable bonds is 1. The summed E-state index contributed by atoms with van der Waals surface area (Å²) in [5.74, 6) is -2.01. The van der Waals surface area contributed by atoms with Crippen LogP contribution in [-0.4, -0.2) is 6.29 Å². The Bertz CT molecular complexity index is 345. The monoisotopic (exact) mass is 167 g/mol. The molecule has 1 rings (SSSR count). The van der Waals surface area contributed by atoms with Gasteiger partial charge in [0.15, 0.2) is 12.0 Å². The highest BCUT2D eigenvalue weighted by molar-refractivity contribution is 5.76. The number of aldehydes is 1. The Labute approximate surface area is 67.3 Å². The lowest BCUT2D eigenvalue weighted by atomic mass is 10.2. The molecule has 0 aliphatic heterocycles. The molecule has 1 aromatic carbocycles. The van der Waals surface area contributed by atoms with Gasteiger partial charge in [-0.05, 0) is 12.1 Å². The standard InChI is InChI=1S/C8H3F2NO/c1-11-5-2-7(9)6(4-12)8(10)3-5/h2-4H. The lowest BCUT2D eigenvalue weighted by Gasteiger charge is -1.96. The lowest BCUT2D eigenvalue weighted by Crippen LogP contribution is -1.91. The average molecular weight is 167 g/mol. The molecular formula is C8H3F2NO. The van der Waals surface area contributed by atoms with Gasteiger partial charge in [0, 0.05) is 0 Å². The van der Waals surface area contributed by atoms with Crippen LogP contribution in [0.5, 0.6) is 0 Å². The Kier molecular flexibility index (Phi) is 2.15. The van der Waals surface area contributed by atoms with Crippen LogP contribution in [0, 0.1) is 18.2 Å². The number of nitrogens with zero attached hydrogens (tertiary/aromatic N) is 1. The van der Waals surface area contributed by atoms with E-state index in [0.29, 0.717) is 0 Å². The van der Waals surface area contributed by atoms with Gasteiger partial charge in [0.2, 0.25) is 0 Å². The molecule has 0 N–H and O–H groups in total. The molecule has 0 amide bonds. The molecule has 0 aromatic heterocycles. The van der Waals surface area contributed by atoms with Crippen LogP contribution in [-0.2, 0) is 0 Å². The van der Waals surface area contributed by atoms with Crippen molar-refractivity contribution >= 4 is 12.0 Å². The van der Waals surface area contributed by atoms with E-state index in [2.05, 4.69) is 4.85 Å². The van der Waals surface area contributed by atoms with Gasteiger partial charge in [0.05, 0.1) is 12.1 Å². The van der Waals surface area contributed by atoms with Gasteiger partial charge in [-0.3, -0.25) is 4.79 Å². The molecule has 60 valence electrons. The minimum atomic E-state index is -1.00. The third kappa shape index (κ3) is 1.30. The van der Waals surface area contributed by atoms with Gasteiger partial charge in [0.1, 0.15) is 11.6 Å². The van der Waals surface area contributed by atoms with Gasteiger partial charge in [-0.25, -0.2) is 13.6 Å². The van der Waals surface area contributed by atoms with Crippen molar-refractivity contribution in [2.24, 2.45) is 0 Å². The summed E-state index contributed by atoms with van der Waals surface area (Å²) in [7, 11) is 0. The first kappa shape index (κ1) is 8.34. The van der Waals surface area contributed by atoms with Crippen LogP contribution in [0.4, 0.5) is 14.5 Å². The summed E-state index contributed by atoms with van der Waals surface area (Å²) in [6, 6.07) is 1.64. The van der Waals surface area contributed by atoms with E-state index in [0.717, 1.165) is 12.1 Å². The van der Waals surface area contributed by atoms with E-state index in [1.54, 1.807) is 0 Å². The van der Waals surface area contributed by atoms with Crippen molar-refractivity contribution in [2.45, 2.75) is 0 Å². The molecule has 0 unspecified atom stereocenters. The SMILES string of the molecule is [C-]#[N+]c1cc(F)c(C=O)c(F)c1. The summed E-state index contributed by atoms with van der Waals surface area (Å²) in [5, 5.41) is 0. The van der Waals surface area contributed by atoms with Crippen LogP contribution in [0.2, 0.25) is 0 Å². The van der Waals surface area contributed by atoms with Crippen molar-refractivity contribution in [2.75, 3.05) is 0 Å². The zero-order valence-electron chi connectivity index (χ0n) is 5.84. The summed E-state index contributed by atoms with van der Waals surface area (Å²) in [4.78, 5) is 12.9. The molecule has 0 saturated carbocycles. The maximum Gasteiger partial charge on any atom is 0.193 e. The van der Waals surface area contributed by atoms with Gasteiger partial charge in [-0.15, -0.1) is 0 Å². The van der Waals surface area contributed by atoms with Crippen LogP contribution < -0.4 is 0 Å². The van der Waals surface area contributed by atoms with E-state index in [-0.39, 0.29) is 12.0 Å². The number of carbonyl (C=O) groups is 1. The zero-order chi connectivity index (χ0) is 9.14. The van der Waals surface area contributed by atoms with Crippen molar-refractivity contribution in [3.8, 4) is 0 Å². The molecule has 0 aliphatic rings. The Hall–Kier alpha value is -1.76. The summed E-state index contributed by atoms with van der Waals surface area (Å²) in [5.41, 5.74) is -0.794. The molecule has 0 radical (unpaired) electrons. The van der Waals surface area contributed by atoms with Gasteiger partial charge in [-0.2, -0.15) is 0 Å². The highest BCUT2D eigenvalue weighted by Gasteiger charge is 2.09. The van der Waals surface area contributed by atoms with E-state index in [4.69, 9.17) is 6.57 Å². The quantitative estimate of drug-likeness (QED) is 0.464. The Morgan fingerprint density at radius 2 is 1.83 bits per heavy atom. The summed E-state index contributed by atoms with van der Waals surface area (Å²) in [6.45, 7) is 6.47. The highest BCUT2D eigenvalue weighted by atomic mass is 19.1. The first-order valence-corrected chi connectivity index (χ1v) is 3.00. The third-order valence-electron chi connectivity index (χ3n) is 1.31. The number of hydrogen-bond donors (Lipinski definition) is 0. The van der Waals surface area contributed by atoms with Gasteiger partial charge >= 0.3 is 0 Å². The fourth-order valence-electron chi connectivity index (χ4n) is 0.748. The van der Waals surface area contributed by atoms with Crippen LogP contribution in [0.1, 0.15) is 10.4 Å². The van der Waals surface area contributed by atoms with E-state index >= 15 is 0 Å². The minimum absolute atomic E-state index is 0.0817. The van der Waals surface area contributed by atoms with Crippen molar-refractivity contribution < 1.29 is 13.6 Å². The average Bonchev–Trinajstić information content (AvgIpc) is 2.03. The number of benzene rings is 1. The molecule has 0 spiro atoms. The van der Waals surface area contributed by atoms with Gasteiger partial charge in [-0.1, -0.05) is 0 Å². The summed E-state index contributed by atoms with van der Waals surface area (Å²) in [6.07, 6.45) is 0.0817. The van der Waals surface area contributed by atoms with E-state index in [9.17, 15) is 13.6 Å². The van der Waals surface area contributed by atoms with Crippen molar-refractivity contribution in [1.82, 2.24) is 0 Å². The lowest BCUT2D eigenvalue weighted by molar-refractivity contribution is 0.111. The predicted octanol–water partition coefficient (Wildman–Crippen LogP) is 2.33. The fourth-order valence-corrected chi connectivity index (χ4v) is 0.748. The maximum atomic E-state index is 12.7. The van der Waals surface area contributed by atoms with Crippen molar-refractivity contribution in [3.05, 3.63) is 40.7 Å². The summed E-state index contributed by atoms with van der Waals surface area (Å²) < 4.78 is 25.4. The molecule has 0 fully saturated rings. The van der Waals surface area contributed by atoms with Crippen LogP contribution in [0.25, 0.3) is 4.85 Å². The molecule has 1 aromatic rings. The molecule has 12 heavy (non-hydrogen) atoms. The Morgan fingerprint density at radius 1 is 1.33 bits per heavy atom. The second kappa shape index (κ2) is 3.09. The normalized spacial score (nSPS) is 9.08.